The van der Waals surface area contributed by atoms with Crippen molar-refractivity contribution in [1.82, 2.24) is 0 Å². The molecule has 2 aromatic carbocycles. The number of carbonyl (C=O) groups excluding carboxylic acids is 1. The minimum absolute atomic E-state index is 0.0482. The molecule has 0 spiro atoms. The van der Waals surface area contributed by atoms with E-state index >= 15 is 0 Å². The number of aromatic nitrogens is 2. The number of nitrogens with zero attached hydrogens (tertiary/aromatic N) is 2. The molecule has 0 radical (unpaired) electrons. The maximum atomic E-state index is 13.7. The van der Waals surface area contributed by atoms with Gasteiger partial charge in [0.05, 0.1) is 27.4 Å². The van der Waals surface area contributed by atoms with Crippen molar-refractivity contribution in [1.29, 1.82) is 0 Å². The Morgan fingerprint density at radius 2 is 1.48 bits per heavy atom. The first-order valence-corrected chi connectivity index (χ1v) is 8.45. The van der Waals surface area contributed by atoms with Crippen molar-refractivity contribution in [3.8, 4) is 17.2 Å². The van der Waals surface area contributed by atoms with Gasteiger partial charge in [-0.3, -0.25) is 4.79 Å². The summed E-state index contributed by atoms with van der Waals surface area (Å²) in [6.45, 7) is 0. The Morgan fingerprint density at radius 1 is 0.903 bits per heavy atom. The Balaban J connectivity index is 2.39. The van der Waals surface area contributed by atoms with Crippen LogP contribution in [0.25, 0.3) is 11.0 Å². The van der Waals surface area contributed by atoms with Gasteiger partial charge in [0.1, 0.15) is 5.82 Å². The second-order valence-electron chi connectivity index (χ2n) is 6.16. The molecular formula is C19H14F4N2O6. The summed E-state index contributed by atoms with van der Waals surface area (Å²) in [6, 6.07) is 4.04. The number of hydrogen-bond acceptors (Lipinski definition) is 6. The SMILES string of the molecule is COc1cc(C(=O)c2c(C(F)(F)F)[n+]([O-])c3ccc(F)cc3[n+]2[O-])cc(OC)c1OC. The second-order valence-corrected chi connectivity index (χ2v) is 6.16. The van der Waals surface area contributed by atoms with Crippen molar-refractivity contribution >= 4 is 16.8 Å². The number of ketones is 1. The molecule has 0 aliphatic carbocycles. The van der Waals surface area contributed by atoms with Gasteiger partial charge in [-0.1, -0.05) is 0 Å². The molecule has 31 heavy (non-hydrogen) atoms. The molecule has 0 N–H and O–H groups in total. The van der Waals surface area contributed by atoms with Crippen LogP contribution in [0.1, 0.15) is 21.7 Å². The van der Waals surface area contributed by atoms with E-state index in [9.17, 15) is 32.8 Å². The summed E-state index contributed by atoms with van der Waals surface area (Å²) < 4.78 is 68.9. The van der Waals surface area contributed by atoms with Crippen LogP contribution < -0.4 is 23.7 Å². The maximum Gasteiger partial charge on any atom is 0.486 e. The molecule has 3 rings (SSSR count). The van der Waals surface area contributed by atoms with Crippen molar-refractivity contribution in [2.24, 2.45) is 0 Å². The van der Waals surface area contributed by atoms with Crippen LogP contribution in [0, 0.1) is 16.2 Å². The monoisotopic (exact) mass is 442 g/mol. The third-order valence-electron chi connectivity index (χ3n) is 4.42. The zero-order valence-corrected chi connectivity index (χ0v) is 16.2. The van der Waals surface area contributed by atoms with Crippen molar-refractivity contribution in [2.75, 3.05) is 21.3 Å². The zero-order valence-electron chi connectivity index (χ0n) is 16.2. The highest BCUT2D eigenvalue weighted by atomic mass is 19.4. The van der Waals surface area contributed by atoms with Crippen LogP contribution in [-0.4, -0.2) is 27.1 Å². The fourth-order valence-electron chi connectivity index (χ4n) is 3.06. The quantitative estimate of drug-likeness (QED) is 0.261. The highest BCUT2D eigenvalue weighted by Gasteiger charge is 2.51. The average molecular weight is 442 g/mol. The molecule has 0 bridgehead atoms. The molecule has 0 fully saturated rings. The number of benzene rings is 2. The van der Waals surface area contributed by atoms with Gasteiger partial charge < -0.3 is 24.6 Å². The van der Waals surface area contributed by atoms with Crippen molar-refractivity contribution in [3.05, 3.63) is 63.5 Å². The van der Waals surface area contributed by atoms with E-state index in [1.54, 1.807) is 0 Å². The van der Waals surface area contributed by atoms with E-state index in [0.29, 0.717) is 6.07 Å². The Bertz CT molecular complexity index is 1170. The van der Waals surface area contributed by atoms with Crippen LogP contribution >= 0.6 is 0 Å². The number of rotatable bonds is 5. The lowest BCUT2D eigenvalue weighted by Gasteiger charge is -2.16. The molecule has 0 aliphatic heterocycles. The zero-order chi connectivity index (χ0) is 23.1. The standard InChI is InChI=1S/C19H14F4N2O6/c1-29-13-6-9(7-14(30-2)17(13)31-3)16(26)15-18(19(21,22)23)25(28)11-5-4-10(20)8-12(11)24(15)27/h4-8H,1-3H3. The maximum absolute atomic E-state index is 13.7. The van der Waals surface area contributed by atoms with Crippen molar-refractivity contribution < 1.29 is 46.0 Å². The van der Waals surface area contributed by atoms with Crippen molar-refractivity contribution in [3.63, 3.8) is 0 Å². The summed E-state index contributed by atoms with van der Waals surface area (Å²) in [5.41, 5.74) is -5.54. The second kappa shape index (κ2) is 7.78. The first-order valence-electron chi connectivity index (χ1n) is 8.45. The normalized spacial score (nSPS) is 11.5. The van der Waals surface area contributed by atoms with E-state index < -0.39 is 55.2 Å². The van der Waals surface area contributed by atoms with E-state index in [1.165, 1.54) is 21.3 Å². The van der Waals surface area contributed by atoms with Crippen LogP contribution in [0.5, 0.6) is 17.2 Å². The van der Waals surface area contributed by atoms with Gasteiger partial charge in [0.15, 0.2) is 11.5 Å². The summed E-state index contributed by atoms with van der Waals surface area (Å²) in [5, 5.41) is 25.2. The summed E-state index contributed by atoms with van der Waals surface area (Å²) in [7, 11) is 3.70. The molecule has 12 heteroatoms. The number of ether oxygens (including phenoxy) is 3. The lowest BCUT2D eigenvalue weighted by molar-refractivity contribution is -0.647. The third-order valence-corrected chi connectivity index (χ3v) is 4.42. The Kier molecular flexibility index (Phi) is 5.49. The number of hydrogen-bond donors (Lipinski definition) is 0. The summed E-state index contributed by atoms with van der Waals surface area (Å²) in [6.07, 6.45) is -5.37. The molecule has 164 valence electrons. The first-order chi connectivity index (χ1) is 14.5. The van der Waals surface area contributed by atoms with Crippen LogP contribution in [-0.2, 0) is 6.18 Å². The first kappa shape index (κ1) is 21.9. The van der Waals surface area contributed by atoms with Crippen LogP contribution in [0.15, 0.2) is 30.3 Å². The topological polar surface area (TPSA) is 98.6 Å². The Morgan fingerprint density at radius 3 is 1.97 bits per heavy atom. The van der Waals surface area contributed by atoms with Gasteiger partial charge in [0.25, 0.3) is 16.8 Å². The lowest BCUT2D eigenvalue weighted by Crippen LogP contribution is -2.50. The van der Waals surface area contributed by atoms with Crippen LogP contribution in [0.2, 0.25) is 0 Å². The number of carbonyl (C=O) groups is 1. The highest BCUT2D eigenvalue weighted by Crippen LogP contribution is 2.39. The lowest BCUT2D eigenvalue weighted by atomic mass is 10.0. The smallest absolute Gasteiger partial charge is 0.486 e. The summed E-state index contributed by atoms with van der Waals surface area (Å²) in [4.78, 5) is 13.0. The van der Waals surface area contributed by atoms with Gasteiger partial charge >= 0.3 is 17.6 Å². The fraction of sp³-hybridized carbons (Fsp3) is 0.211. The van der Waals surface area contributed by atoms with Crippen LogP contribution in [0.3, 0.4) is 0 Å². The summed E-state index contributed by atoms with van der Waals surface area (Å²) in [5.74, 6) is -2.54. The van der Waals surface area contributed by atoms with Gasteiger partial charge in [-0.05, 0) is 18.2 Å². The van der Waals surface area contributed by atoms with Crippen molar-refractivity contribution in [2.45, 2.75) is 6.18 Å². The van der Waals surface area contributed by atoms with E-state index in [1.807, 2.05) is 0 Å². The van der Waals surface area contributed by atoms with Crippen LogP contribution in [0.4, 0.5) is 17.6 Å². The number of halogens is 4. The predicted molar refractivity (Wildman–Crippen MR) is 96.4 cm³/mol. The van der Waals surface area contributed by atoms with E-state index in [4.69, 9.17) is 14.2 Å². The largest absolute Gasteiger partial charge is 0.618 e. The molecule has 0 saturated heterocycles. The molecule has 0 atom stereocenters. The van der Waals surface area contributed by atoms with Gasteiger partial charge in [0.2, 0.25) is 5.75 Å². The fourth-order valence-corrected chi connectivity index (χ4v) is 3.06. The molecule has 1 aromatic heterocycles. The molecule has 0 aliphatic rings. The summed E-state index contributed by atoms with van der Waals surface area (Å²) >= 11 is 0. The van der Waals surface area contributed by atoms with Gasteiger partial charge in [-0.25, -0.2) is 4.39 Å². The third kappa shape index (κ3) is 3.60. The minimum atomic E-state index is -5.37. The highest BCUT2D eigenvalue weighted by molar-refractivity contribution is 6.08. The van der Waals surface area contributed by atoms with E-state index in [-0.39, 0.29) is 17.2 Å². The number of fused-ring (bicyclic) bond motifs is 1. The minimum Gasteiger partial charge on any atom is -0.618 e. The predicted octanol–water partition coefficient (Wildman–Crippen LogP) is 2.52. The van der Waals surface area contributed by atoms with Gasteiger partial charge in [0, 0.05) is 11.6 Å². The molecule has 0 unspecified atom stereocenters. The molecule has 3 aromatic rings. The molecular weight excluding hydrogens is 428 g/mol. The molecule has 0 saturated carbocycles. The average Bonchev–Trinajstić information content (AvgIpc) is 2.73. The van der Waals surface area contributed by atoms with Gasteiger partial charge in [-0.15, -0.1) is 4.73 Å². The number of methoxy groups -OCH3 is 3. The molecule has 0 amide bonds. The molecule has 8 nitrogen and oxygen atoms in total. The van der Waals surface area contributed by atoms with E-state index in [0.717, 1.165) is 24.3 Å². The van der Waals surface area contributed by atoms with Gasteiger partial charge in [-0.2, -0.15) is 17.9 Å². The number of alkyl halides is 3. The molecule has 1 heterocycles. The Labute approximate surface area is 172 Å². The van der Waals surface area contributed by atoms with E-state index in [2.05, 4.69) is 0 Å². The Hall–Kier alpha value is -3.83.